The van der Waals surface area contributed by atoms with Crippen LogP contribution in [-0.2, 0) is 0 Å². The second-order valence-corrected chi connectivity index (χ2v) is 7.01. The van der Waals surface area contributed by atoms with Gasteiger partial charge < -0.3 is 0 Å². The molecule has 0 bridgehead atoms. The van der Waals surface area contributed by atoms with E-state index in [0.29, 0.717) is 5.56 Å². The third kappa shape index (κ3) is 3.58. The minimum Gasteiger partial charge on any atom is -0.282 e. The molecule has 0 spiro atoms. The Morgan fingerprint density at radius 1 is 1.18 bits per heavy atom. The summed E-state index contributed by atoms with van der Waals surface area (Å²) in [6.07, 6.45) is 2.11. The van der Waals surface area contributed by atoms with E-state index in [1.54, 1.807) is 35.6 Å². The molecule has 3 rings (SSSR count). The zero-order valence-electron chi connectivity index (χ0n) is 11.9. The van der Waals surface area contributed by atoms with E-state index in [-0.39, 0.29) is 17.2 Å². The first-order valence-corrected chi connectivity index (χ1v) is 8.78. The largest absolute Gasteiger partial charge is 0.301 e. The molecule has 1 saturated heterocycles. The SMILES string of the molecule is O=C(NC(=O)c1ccccc1)SN1CCCC1c1cccs1. The van der Waals surface area contributed by atoms with E-state index in [1.807, 2.05) is 12.1 Å². The molecule has 1 aromatic carbocycles. The van der Waals surface area contributed by atoms with E-state index in [9.17, 15) is 9.59 Å². The lowest BCUT2D eigenvalue weighted by molar-refractivity contribution is 0.0969. The normalized spacial score (nSPS) is 18.3. The number of rotatable bonds is 3. The Balaban J connectivity index is 1.58. The molecule has 1 aliphatic rings. The number of hydrogen-bond donors (Lipinski definition) is 1. The van der Waals surface area contributed by atoms with Crippen LogP contribution in [0.3, 0.4) is 0 Å². The van der Waals surface area contributed by atoms with E-state index in [1.165, 1.54) is 4.88 Å². The monoisotopic (exact) mass is 332 g/mol. The van der Waals surface area contributed by atoms with Crippen molar-refractivity contribution in [2.45, 2.75) is 18.9 Å². The van der Waals surface area contributed by atoms with Gasteiger partial charge in [0.2, 0.25) is 0 Å². The number of thiophene rings is 1. The van der Waals surface area contributed by atoms with Crippen molar-refractivity contribution < 1.29 is 9.59 Å². The summed E-state index contributed by atoms with van der Waals surface area (Å²) in [4.78, 5) is 25.3. The molecule has 4 nitrogen and oxygen atoms in total. The molecular formula is C16H16N2O2S2. The predicted molar refractivity (Wildman–Crippen MR) is 89.9 cm³/mol. The van der Waals surface area contributed by atoms with Crippen LogP contribution >= 0.6 is 23.3 Å². The summed E-state index contributed by atoms with van der Waals surface area (Å²) in [6.45, 7) is 0.861. The Hall–Kier alpha value is -1.63. The topological polar surface area (TPSA) is 49.4 Å². The molecule has 1 fully saturated rings. The molecule has 22 heavy (non-hydrogen) atoms. The van der Waals surface area contributed by atoms with Gasteiger partial charge in [-0.3, -0.25) is 14.9 Å². The van der Waals surface area contributed by atoms with E-state index >= 15 is 0 Å². The van der Waals surface area contributed by atoms with Crippen molar-refractivity contribution >= 4 is 34.4 Å². The van der Waals surface area contributed by atoms with Gasteiger partial charge in [0.15, 0.2) is 0 Å². The Kier molecular flexibility index (Phi) is 4.92. The zero-order valence-corrected chi connectivity index (χ0v) is 13.5. The second-order valence-electron chi connectivity index (χ2n) is 5.01. The Morgan fingerprint density at radius 2 is 2.00 bits per heavy atom. The summed E-state index contributed by atoms with van der Waals surface area (Å²) >= 11 is 2.81. The number of imide groups is 1. The van der Waals surface area contributed by atoms with Crippen molar-refractivity contribution in [3.8, 4) is 0 Å². The molecule has 0 saturated carbocycles. The van der Waals surface area contributed by atoms with Crippen LogP contribution in [0.4, 0.5) is 4.79 Å². The third-order valence-corrected chi connectivity index (χ3v) is 5.44. The molecule has 1 aliphatic heterocycles. The Morgan fingerprint density at radius 3 is 2.73 bits per heavy atom. The van der Waals surface area contributed by atoms with Crippen molar-refractivity contribution in [3.05, 3.63) is 58.3 Å². The van der Waals surface area contributed by atoms with E-state index < -0.39 is 0 Å². The van der Waals surface area contributed by atoms with Crippen LogP contribution in [0, 0.1) is 0 Å². The quantitative estimate of drug-likeness (QED) is 0.860. The first-order valence-electron chi connectivity index (χ1n) is 7.12. The molecule has 2 amide bonds. The second kappa shape index (κ2) is 7.09. The van der Waals surface area contributed by atoms with Crippen molar-refractivity contribution in [2.75, 3.05) is 6.54 Å². The molecule has 6 heteroatoms. The predicted octanol–water partition coefficient (Wildman–Crippen LogP) is 4.08. The fourth-order valence-corrected chi connectivity index (χ4v) is 4.36. The van der Waals surface area contributed by atoms with Crippen LogP contribution in [0.5, 0.6) is 0 Å². The molecule has 2 heterocycles. The molecule has 2 aromatic rings. The summed E-state index contributed by atoms with van der Waals surface area (Å²) in [5.41, 5.74) is 0.493. The highest BCUT2D eigenvalue weighted by atomic mass is 32.2. The molecule has 0 aliphatic carbocycles. The molecular weight excluding hydrogens is 316 g/mol. The van der Waals surface area contributed by atoms with E-state index in [4.69, 9.17) is 0 Å². The summed E-state index contributed by atoms with van der Waals surface area (Å²) in [7, 11) is 0. The minimum atomic E-state index is -0.357. The zero-order chi connectivity index (χ0) is 15.4. The number of nitrogens with zero attached hydrogens (tertiary/aromatic N) is 1. The fourth-order valence-electron chi connectivity index (χ4n) is 2.50. The average Bonchev–Trinajstić information content (AvgIpc) is 3.18. The molecule has 1 atom stereocenters. The van der Waals surface area contributed by atoms with Crippen LogP contribution < -0.4 is 5.32 Å². The van der Waals surface area contributed by atoms with Gasteiger partial charge in [0.25, 0.3) is 5.91 Å². The maximum Gasteiger partial charge on any atom is 0.301 e. The van der Waals surface area contributed by atoms with Crippen LogP contribution in [0.15, 0.2) is 47.8 Å². The summed E-state index contributed by atoms with van der Waals surface area (Å²) in [5, 5.41) is 4.16. The van der Waals surface area contributed by atoms with Gasteiger partial charge in [0.1, 0.15) is 0 Å². The van der Waals surface area contributed by atoms with Crippen molar-refractivity contribution in [2.24, 2.45) is 0 Å². The van der Waals surface area contributed by atoms with Crippen molar-refractivity contribution in [1.82, 2.24) is 9.62 Å². The summed E-state index contributed by atoms with van der Waals surface area (Å²) in [6, 6.07) is 13.2. The highest BCUT2D eigenvalue weighted by molar-refractivity contribution is 8.11. The Labute approximate surface area is 137 Å². The number of amides is 2. The van der Waals surface area contributed by atoms with E-state index in [0.717, 1.165) is 31.3 Å². The summed E-state index contributed by atoms with van der Waals surface area (Å²) in [5.74, 6) is -0.357. The summed E-state index contributed by atoms with van der Waals surface area (Å²) < 4.78 is 2.07. The number of benzene rings is 1. The van der Waals surface area contributed by atoms with Gasteiger partial charge in [-0.15, -0.1) is 11.3 Å². The lowest BCUT2D eigenvalue weighted by atomic mass is 10.2. The van der Waals surface area contributed by atoms with E-state index in [2.05, 4.69) is 21.1 Å². The molecule has 1 aromatic heterocycles. The smallest absolute Gasteiger partial charge is 0.282 e. The lowest BCUT2D eigenvalue weighted by Gasteiger charge is -2.21. The van der Waals surface area contributed by atoms with Gasteiger partial charge in [0.05, 0.1) is 6.04 Å². The third-order valence-electron chi connectivity index (χ3n) is 3.53. The van der Waals surface area contributed by atoms with Crippen molar-refractivity contribution in [3.63, 3.8) is 0 Å². The van der Waals surface area contributed by atoms with Gasteiger partial charge >= 0.3 is 5.24 Å². The number of carbonyl (C=O) groups is 2. The minimum absolute atomic E-state index is 0.266. The van der Waals surface area contributed by atoms with Gasteiger partial charge in [-0.25, -0.2) is 4.31 Å². The van der Waals surface area contributed by atoms with Crippen LogP contribution in [0.2, 0.25) is 0 Å². The lowest BCUT2D eigenvalue weighted by Crippen LogP contribution is -2.30. The van der Waals surface area contributed by atoms with Gasteiger partial charge in [-0.1, -0.05) is 24.3 Å². The fraction of sp³-hybridized carbons (Fsp3) is 0.250. The first-order chi connectivity index (χ1) is 10.7. The van der Waals surface area contributed by atoms with Gasteiger partial charge in [-0.05, 0) is 36.4 Å². The standard InChI is InChI=1S/C16H16N2O2S2/c19-15(12-6-2-1-3-7-12)17-16(20)22-18-10-4-8-13(18)14-9-5-11-21-14/h1-3,5-7,9,11,13H,4,8,10H2,(H,17,19,20). The molecule has 0 radical (unpaired) electrons. The first kappa shape index (κ1) is 15.3. The van der Waals surface area contributed by atoms with Crippen LogP contribution in [-0.4, -0.2) is 22.0 Å². The van der Waals surface area contributed by atoms with Crippen molar-refractivity contribution in [1.29, 1.82) is 0 Å². The number of nitrogens with one attached hydrogen (secondary N) is 1. The number of hydrogen-bond acceptors (Lipinski definition) is 5. The highest BCUT2D eigenvalue weighted by Gasteiger charge is 2.29. The van der Waals surface area contributed by atoms with Crippen LogP contribution in [0.1, 0.15) is 34.1 Å². The highest BCUT2D eigenvalue weighted by Crippen LogP contribution is 2.38. The molecule has 1 unspecified atom stereocenters. The maximum atomic E-state index is 12.1. The van der Waals surface area contributed by atoms with Gasteiger partial charge in [0, 0.05) is 28.9 Å². The average molecular weight is 332 g/mol. The number of carbonyl (C=O) groups excluding carboxylic acids is 2. The Bertz CT molecular complexity index is 643. The van der Waals surface area contributed by atoms with Crippen LogP contribution in [0.25, 0.3) is 0 Å². The van der Waals surface area contributed by atoms with Gasteiger partial charge in [-0.2, -0.15) is 0 Å². The molecule has 114 valence electrons. The molecule has 1 N–H and O–H groups in total. The maximum absolute atomic E-state index is 12.1.